The summed E-state index contributed by atoms with van der Waals surface area (Å²) in [5, 5.41) is 0. The Morgan fingerprint density at radius 1 is 1.19 bits per heavy atom. The Hall–Kier alpha value is -1.84. The summed E-state index contributed by atoms with van der Waals surface area (Å²) < 4.78 is 2.03. The lowest BCUT2D eigenvalue weighted by Crippen LogP contribution is -2.09. The fourth-order valence-electron chi connectivity index (χ4n) is 2.26. The molecule has 4 heteroatoms. The van der Waals surface area contributed by atoms with Gasteiger partial charge in [0.05, 0.1) is 11.4 Å². The zero-order valence-corrected chi connectivity index (χ0v) is 9.06. The van der Waals surface area contributed by atoms with Crippen molar-refractivity contribution in [3.63, 3.8) is 0 Å². The average Bonchev–Trinajstić information content (AvgIpc) is 2.74. The van der Waals surface area contributed by atoms with E-state index >= 15 is 0 Å². The first-order valence-corrected chi connectivity index (χ1v) is 5.62. The first kappa shape index (κ1) is 9.39. The number of aromatic nitrogens is 3. The number of anilines is 1. The number of fused-ring (bicyclic) bond motifs is 1. The van der Waals surface area contributed by atoms with Gasteiger partial charge in [0.2, 0.25) is 0 Å². The number of rotatable bonds is 1. The Morgan fingerprint density at radius 3 is 2.94 bits per heavy atom. The molecule has 0 aromatic carbocycles. The van der Waals surface area contributed by atoms with Crippen LogP contribution < -0.4 is 5.73 Å². The number of aryl methyl sites for hydroxylation is 1. The summed E-state index contributed by atoms with van der Waals surface area (Å²) in [6.45, 7) is 0. The fourth-order valence-corrected chi connectivity index (χ4v) is 2.26. The standard InChI is InChI=1S/C12H14N4/c13-9-4-3-7-14-12(9)16-8-15-10-5-1-2-6-11(10)16/h3-4,7-8H,1-2,5-6,13H2. The Labute approximate surface area is 94.1 Å². The van der Waals surface area contributed by atoms with E-state index in [1.165, 1.54) is 24.2 Å². The lowest BCUT2D eigenvalue weighted by atomic mass is 10.0. The number of nitrogen functional groups attached to an aromatic ring is 1. The summed E-state index contributed by atoms with van der Waals surface area (Å²) in [5.41, 5.74) is 9.12. The molecule has 0 bridgehead atoms. The van der Waals surface area contributed by atoms with Gasteiger partial charge in [0.25, 0.3) is 0 Å². The molecule has 1 aliphatic carbocycles. The van der Waals surface area contributed by atoms with Crippen LogP contribution in [0.2, 0.25) is 0 Å². The van der Waals surface area contributed by atoms with E-state index in [0.29, 0.717) is 5.69 Å². The van der Waals surface area contributed by atoms with Crippen LogP contribution in [-0.4, -0.2) is 14.5 Å². The SMILES string of the molecule is Nc1cccnc1-n1cnc2c1CCCC2. The predicted octanol–water partition coefficient (Wildman–Crippen LogP) is 1.73. The lowest BCUT2D eigenvalue weighted by molar-refractivity contribution is 0.654. The quantitative estimate of drug-likeness (QED) is 0.786. The van der Waals surface area contributed by atoms with E-state index in [9.17, 15) is 0 Å². The molecular formula is C12H14N4. The van der Waals surface area contributed by atoms with E-state index in [4.69, 9.17) is 5.73 Å². The van der Waals surface area contributed by atoms with Gasteiger partial charge in [-0.15, -0.1) is 0 Å². The highest BCUT2D eigenvalue weighted by Crippen LogP contribution is 2.24. The molecule has 82 valence electrons. The molecule has 0 atom stereocenters. The normalized spacial score (nSPS) is 14.8. The van der Waals surface area contributed by atoms with Gasteiger partial charge < -0.3 is 5.73 Å². The Morgan fingerprint density at radius 2 is 2.06 bits per heavy atom. The van der Waals surface area contributed by atoms with Crippen molar-refractivity contribution in [2.75, 3.05) is 5.73 Å². The molecular weight excluding hydrogens is 200 g/mol. The molecule has 3 rings (SSSR count). The number of pyridine rings is 1. The monoisotopic (exact) mass is 214 g/mol. The number of imidazole rings is 1. The van der Waals surface area contributed by atoms with Gasteiger partial charge in [-0.2, -0.15) is 0 Å². The molecule has 0 fully saturated rings. The second kappa shape index (κ2) is 3.63. The molecule has 2 N–H and O–H groups in total. The van der Waals surface area contributed by atoms with Crippen molar-refractivity contribution in [2.24, 2.45) is 0 Å². The number of hydrogen-bond donors (Lipinski definition) is 1. The van der Waals surface area contributed by atoms with E-state index in [2.05, 4.69) is 9.97 Å². The zero-order chi connectivity index (χ0) is 11.0. The van der Waals surface area contributed by atoms with E-state index in [1.807, 2.05) is 23.0 Å². The van der Waals surface area contributed by atoms with Crippen molar-refractivity contribution in [3.05, 3.63) is 36.0 Å². The van der Waals surface area contributed by atoms with Gasteiger partial charge in [0, 0.05) is 11.9 Å². The van der Waals surface area contributed by atoms with Crippen molar-refractivity contribution < 1.29 is 0 Å². The van der Waals surface area contributed by atoms with Crippen LogP contribution >= 0.6 is 0 Å². The molecule has 0 amide bonds. The minimum atomic E-state index is 0.702. The molecule has 0 aliphatic heterocycles. The van der Waals surface area contributed by atoms with Crippen molar-refractivity contribution in [1.29, 1.82) is 0 Å². The second-order valence-electron chi connectivity index (χ2n) is 4.13. The average molecular weight is 214 g/mol. The van der Waals surface area contributed by atoms with Crippen LogP contribution in [0.4, 0.5) is 5.69 Å². The summed E-state index contributed by atoms with van der Waals surface area (Å²) in [6.07, 6.45) is 8.23. The second-order valence-corrected chi connectivity index (χ2v) is 4.13. The molecule has 2 heterocycles. The molecule has 4 nitrogen and oxygen atoms in total. The maximum absolute atomic E-state index is 5.93. The fraction of sp³-hybridized carbons (Fsp3) is 0.333. The molecule has 2 aromatic heterocycles. The third-order valence-corrected chi connectivity index (χ3v) is 3.08. The van der Waals surface area contributed by atoms with E-state index in [0.717, 1.165) is 18.7 Å². The van der Waals surface area contributed by atoms with Gasteiger partial charge >= 0.3 is 0 Å². The Bertz CT molecular complexity index is 515. The predicted molar refractivity (Wildman–Crippen MR) is 62.4 cm³/mol. The summed E-state index contributed by atoms with van der Waals surface area (Å²) >= 11 is 0. The van der Waals surface area contributed by atoms with Crippen LogP contribution in [0.5, 0.6) is 0 Å². The van der Waals surface area contributed by atoms with Crippen molar-refractivity contribution >= 4 is 5.69 Å². The summed E-state index contributed by atoms with van der Waals surface area (Å²) in [4.78, 5) is 8.77. The minimum absolute atomic E-state index is 0.702. The lowest BCUT2D eigenvalue weighted by Gasteiger charge is -2.14. The van der Waals surface area contributed by atoms with Crippen LogP contribution in [0.15, 0.2) is 24.7 Å². The Kier molecular flexibility index (Phi) is 2.13. The molecule has 0 saturated heterocycles. The summed E-state index contributed by atoms with van der Waals surface area (Å²) in [5.74, 6) is 0.804. The van der Waals surface area contributed by atoms with Crippen LogP contribution in [0.1, 0.15) is 24.2 Å². The van der Waals surface area contributed by atoms with Gasteiger partial charge in [-0.05, 0) is 37.8 Å². The number of hydrogen-bond acceptors (Lipinski definition) is 3. The van der Waals surface area contributed by atoms with Gasteiger partial charge in [-0.1, -0.05) is 0 Å². The highest BCUT2D eigenvalue weighted by atomic mass is 15.1. The van der Waals surface area contributed by atoms with E-state index < -0.39 is 0 Å². The molecule has 2 aromatic rings. The van der Waals surface area contributed by atoms with Crippen LogP contribution in [0.25, 0.3) is 5.82 Å². The van der Waals surface area contributed by atoms with Gasteiger partial charge in [0.15, 0.2) is 5.82 Å². The highest BCUT2D eigenvalue weighted by molar-refractivity contribution is 5.53. The third-order valence-electron chi connectivity index (χ3n) is 3.08. The minimum Gasteiger partial charge on any atom is -0.396 e. The smallest absolute Gasteiger partial charge is 0.161 e. The van der Waals surface area contributed by atoms with Crippen molar-refractivity contribution in [2.45, 2.75) is 25.7 Å². The molecule has 0 radical (unpaired) electrons. The molecule has 16 heavy (non-hydrogen) atoms. The van der Waals surface area contributed by atoms with Gasteiger partial charge in [-0.3, -0.25) is 4.57 Å². The molecule has 0 unspecified atom stereocenters. The van der Waals surface area contributed by atoms with Crippen molar-refractivity contribution in [3.8, 4) is 5.82 Å². The number of nitrogens with zero attached hydrogens (tertiary/aromatic N) is 3. The molecule has 0 spiro atoms. The Balaban J connectivity index is 2.13. The van der Waals surface area contributed by atoms with Gasteiger partial charge in [0.1, 0.15) is 6.33 Å². The molecule has 1 aliphatic rings. The van der Waals surface area contributed by atoms with E-state index in [1.54, 1.807) is 6.20 Å². The first-order chi connectivity index (χ1) is 7.86. The zero-order valence-electron chi connectivity index (χ0n) is 9.06. The topological polar surface area (TPSA) is 56.7 Å². The van der Waals surface area contributed by atoms with Crippen molar-refractivity contribution in [1.82, 2.24) is 14.5 Å². The molecule has 0 saturated carbocycles. The summed E-state index contributed by atoms with van der Waals surface area (Å²) in [7, 11) is 0. The van der Waals surface area contributed by atoms with E-state index in [-0.39, 0.29) is 0 Å². The first-order valence-electron chi connectivity index (χ1n) is 5.62. The van der Waals surface area contributed by atoms with Gasteiger partial charge in [-0.25, -0.2) is 9.97 Å². The van der Waals surface area contributed by atoms with Crippen LogP contribution in [0, 0.1) is 0 Å². The summed E-state index contributed by atoms with van der Waals surface area (Å²) in [6, 6.07) is 3.72. The highest BCUT2D eigenvalue weighted by Gasteiger charge is 2.17. The largest absolute Gasteiger partial charge is 0.396 e. The van der Waals surface area contributed by atoms with Crippen LogP contribution in [-0.2, 0) is 12.8 Å². The van der Waals surface area contributed by atoms with Crippen LogP contribution in [0.3, 0.4) is 0 Å². The number of nitrogens with two attached hydrogens (primary N) is 1. The maximum atomic E-state index is 5.93. The maximum Gasteiger partial charge on any atom is 0.161 e. The third kappa shape index (κ3) is 1.38.